The van der Waals surface area contributed by atoms with Crippen molar-refractivity contribution in [3.8, 4) is 15.6 Å². The molecular formula is C23H23F3N4OS2. The van der Waals surface area contributed by atoms with Crippen LogP contribution in [0.2, 0.25) is 0 Å². The van der Waals surface area contributed by atoms with Crippen LogP contribution in [0.4, 0.5) is 24.8 Å². The van der Waals surface area contributed by atoms with E-state index in [0.29, 0.717) is 16.5 Å². The fourth-order valence-corrected chi connectivity index (χ4v) is 6.29. The fraction of sp³-hybridized carbons (Fsp3) is 0.391. The number of alkyl halides is 3. The number of halogens is 3. The minimum Gasteiger partial charge on any atom is -0.483 e. The number of nitrogens with zero attached hydrogens (tertiary/aromatic N) is 3. The molecule has 0 atom stereocenters. The summed E-state index contributed by atoms with van der Waals surface area (Å²) in [5.74, 6) is 1.02. The van der Waals surface area contributed by atoms with Crippen molar-refractivity contribution in [1.29, 1.82) is 0 Å². The Hall–Kier alpha value is -2.30. The number of anilines is 2. The first-order valence-corrected chi connectivity index (χ1v) is 12.6. The molecule has 0 bridgehead atoms. The molecule has 0 amide bonds. The van der Waals surface area contributed by atoms with E-state index in [1.54, 1.807) is 17.8 Å². The Kier molecular flexibility index (Phi) is 6.00. The lowest BCUT2D eigenvalue weighted by Crippen LogP contribution is -2.11. The van der Waals surface area contributed by atoms with Crippen LogP contribution < -0.4 is 10.1 Å². The van der Waals surface area contributed by atoms with E-state index in [1.807, 2.05) is 0 Å². The van der Waals surface area contributed by atoms with Gasteiger partial charge in [0.05, 0.1) is 22.1 Å². The zero-order valence-corrected chi connectivity index (χ0v) is 19.9. The van der Waals surface area contributed by atoms with E-state index >= 15 is 0 Å². The molecule has 5 nitrogen and oxygen atoms in total. The molecule has 4 heterocycles. The minimum absolute atomic E-state index is 0.124. The summed E-state index contributed by atoms with van der Waals surface area (Å²) in [6.45, 7) is 4.36. The zero-order valence-electron chi connectivity index (χ0n) is 18.3. The summed E-state index contributed by atoms with van der Waals surface area (Å²) in [5, 5.41) is 3.85. The smallest absolute Gasteiger partial charge is 0.420 e. The molecular weight excluding hydrogens is 469 g/mol. The molecule has 0 unspecified atom stereocenters. The van der Waals surface area contributed by atoms with Crippen molar-refractivity contribution in [3.63, 3.8) is 0 Å². The normalized spacial score (nSPS) is 16.2. The average Bonchev–Trinajstić information content (AvgIpc) is 3.27. The maximum atomic E-state index is 13.8. The molecule has 0 saturated carbocycles. The minimum atomic E-state index is -4.56. The highest BCUT2D eigenvalue weighted by molar-refractivity contribution is 7.99. The standard InChI is InChI=1S/C23H23F3N4OS2/c1-3-13-7-14-11-30(2)12-15(14)8-17(13)28-22-27-10-16(23(24,25)26)20(29-22)18-9-19-21(33-18)31-5-4-6-32-19/h7-10H,3-6,11-12H2,1-2H3,(H,27,28,29). The van der Waals surface area contributed by atoms with E-state index in [1.165, 1.54) is 22.5 Å². The van der Waals surface area contributed by atoms with Crippen molar-refractivity contribution in [3.05, 3.63) is 46.6 Å². The van der Waals surface area contributed by atoms with Crippen molar-refractivity contribution >= 4 is 34.7 Å². The monoisotopic (exact) mass is 492 g/mol. The Balaban J connectivity index is 1.54. The molecule has 2 aliphatic heterocycles. The predicted octanol–water partition coefficient (Wildman–Crippen LogP) is 6.35. The van der Waals surface area contributed by atoms with E-state index in [0.717, 1.165) is 54.0 Å². The fourth-order valence-electron chi connectivity index (χ4n) is 4.12. The lowest BCUT2D eigenvalue weighted by atomic mass is 10.0. The van der Waals surface area contributed by atoms with Gasteiger partial charge in [-0.05, 0) is 48.7 Å². The van der Waals surface area contributed by atoms with E-state index < -0.39 is 11.7 Å². The molecule has 0 fully saturated rings. The molecule has 1 aromatic carbocycles. The van der Waals surface area contributed by atoms with E-state index in [9.17, 15) is 13.2 Å². The number of benzene rings is 1. The molecule has 1 N–H and O–H groups in total. The number of thioether (sulfide) groups is 1. The summed E-state index contributed by atoms with van der Waals surface area (Å²) in [4.78, 5) is 11.9. The first-order chi connectivity index (χ1) is 15.8. The number of hydrogen-bond donors (Lipinski definition) is 1. The van der Waals surface area contributed by atoms with E-state index in [2.05, 4.69) is 46.3 Å². The van der Waals surface area contributed by atoms with Crippen LogP contribution in [0, 0.1) is 0 Å². The number of aryl methyl sites for hydroxylation is 1. The number of thiophene rings is 1. The van der Waals surface area contributed by atoms with Gasteiger partial charge in [-0.1, -0.05) is 24.3 Å². The van der Waals surface area contributed by atoms with Gasteiger partial charge in [0.1, 0.15) is 5.56 Å². The van der Waals surface area contributed by atoms with E-state index in [-0.39, 0.29) is 11.6 Å². The summed E-state index contributed by atoms with van der Waals surface area (Å²) in [5.41, 5.74) is 3.44. The van der Waals surface area contributed by atoms with Crippen molar-refractivity contribution in [2.45, 2.75) is 43.9 Å². The van der Waals surface area contributed by atoms with Gasteiger partial charge in [0.25, 0.3) is 0 Å². The molecule has 2 aromatic heterocycles. The van der Waals surface area contributed by atoms with Crippen LogP contribution in [0.25, 0.3) is 10.6 Å². The van der Waals surface area contributed by atoms with Gasteiger partial charge in [0, 0.05) is 30.7 Å². The third kappa shape index (κ3) is 4.56. The molecule has 5 rings (SSSR count). The van der Waals surface area contributed by atoms with Gasteiger partial charge in [-0.2, -0.15) is 13.2 Å². The summed E-state index contributed by atoms with van der Waals surface area (Å²) in [6, 6.07) is 5.98. The summed E-state index contributed by atoms with van der Waals surface area (Å²) in [6.07, 6.45) is -1.99. The Morgan fingerprint density at radius 3 is 2.73 bits per heavy atom. The molecule has 0 saturated heterocycles. The molecule has 0 spiro atoms. The van der Waals surface area contributed by atoms with Gasteiger partial charge in [0.2, 0.25) is 5.95 Å². The van der Waals surface area contributed by atoms with E-state index in [4.69, 9.17) is 4.74 Å². The molecule has 174 valence electrons. The van der Waals surface area contributed by atoms with Gasteiger partial charge >= 0.3 is 6.18 Å². The molecule has 0 aliphatic carbocycles. The number of nitrogens with one attached hydrogen (secondary N) is 1. The third-order valence-electron chi connectivity index (χ3n) is 5.71. The van der Waals surface area contributed by atoms with Crippen molar-refractivity contribution in [2.24, 2.45) is 0 Å². The molecule has 10 heteroatoms. The van der Waals surface area contributed by atoms with Gasteiger partial charge in [-0.3, -0.25) is 4.90 Å². The second-order valence-corrected chi connectivity index (χ2v) is 10.3. The van der Waals surface area contributed by atoms with Crippen LogP contribution in [0.5, 0.6) is 5.06 Å². The highest BCUT2D eigenvalue weighted by atomic mass is 32.2. The van der Waals surface area contributed by atoms with Gasteiger partial charge < -0.3 is 10.1 Å². The predicted molar refractivity (Wildman–Crippen MR) is 125 cm³/mol. The van der Waals surface area contributed by atoms with Crippen LogP contribution in [0.3, 0.4) is 0 Å². The number of hydrogen-bond acceptors (Lipinski definition) is 7. The molecule has 0 radical (unpaired) electrons. The number of rotatable bonds is 4. The lowest BCUT2D eigenvalue weighted by Gasteiger charge is -2.15. The SMILES string of the molecule is CCc1cc2c(cc1Nc1ncc(C(F)(F)F)c(-c3cc4c(s3)OCCCS4)n1)CN(C)C2. The van der Waals surface area contributed by atoms with Crippen molar-refractivity contribution in [2.75, 3.05) is 24.7 Å². The quantitative estimate of drug-likeness (QED) is 0.458. The maximum absolute atomic E-state index is 13.8. The Bertz CT molecular complexity index is 1170. The highest BCUT2D eigenvalue weighted by Crippen LogP contribution is 2.46. The topological polar surface area (TPSA) is 50.3 Å². The van der Waals surface area contributed by atoms with Crippen LogP contribution >= 0.6 is 23.1 Å². The number of fused-ring (bicyclic) bond motifs is 2. The molecule has 33 heavy (non-hydrogen) atoms. The first kappa shape index (κ1) is 22.5. The summed E-state index contributed by atoms with van der Waals surface area (Å²) >= 11 is 2.81. The Morgan fingerprint density at radius 1 is 1.18 bits per heavy atom. The largest absolute Gasteiger partial charge is 0.483 e. The number of aromatic nitrogens is 2. The van der Waals surface area contributed by atoms with Crippen LogP contribution in [-0.4, -0.2) is 34.3 Å². The van der Waals surface area contributed by atoms with Crippen molar-refractivity contribution in [1.82, 2.24) is 14.9 Å². The molecule has 3 aromatic rings. The molecule has 2 aliphatic rings. The van der Waals surface area contributed by atoms with Crippen molar-refractivity contribution < 1.29 is 17.9 Å². The first-order valence-electron chi connectivity index (χ1n) is 10.8. The second kappa shape index (κ2) is 8.81. The Morgan fingerprint density at radius 2 is 1.97 bits per heavy atom. The van der Waals surface area contributed by atoms with Crippen LogP contribution in [-0.2, 0) is 25.7 Å². The summed E-state index contributed by atoms with van der Waals surface area (Å²) < 4.78 is 47.2. The van der Waals surface area contributed by atoms with Crippen LogP contribution in [0.15, 0.2) is 29.3 Å². The maximum Gasteiger partial charge on any atom is 0.420 e. The zero-order chi connectivity index (χ0) is 23.2. The lowest BCUT2D eigenvalue weighted by molar-refractivity contribution is -0.137. The number of ether oxygens (including phenoxy) is 1. The third-order valence-corrected chi connectivity index (χ3v) is 8.00. The second-order valence-electron chi connectivity index (χ2n) is 8.20. The van der Waals surface area contributed by atoms with Gasteiger partial charge in [0.15, 0.2) is 5.06 Å². The average molecular weight is 493 g/mol. The van der Waals surface area contributed by atoms with Gasteiger partial charge in [-0.15, -0.1) is 11.8 Å². The van der Waals surface area contributed by atoms with Crippen LogP contribution in [0.1, 0.15) is 35.6 Å². The highest BCUT2D eigenvalue weighted by Gasteiger charge is 2.36. The van der Waals surface area contributed by atoms with Gasteiger partial charge in [-0.25, -0.2) is 9.97 Å². The summed E-state index contributed by atoms with van der Waals surface area (Å²) in [7, 11) is 2.06. The Labute approximate surface area is 198 Å².